The zero-order valence-electron chi connectivity index (χ0n) is 13.2. The SMILES string of the molecule is CC(=O)c1cccc(NC(=O)c2sc(-c3ccccn3)nc2C)c1. The topological polar surface area (TPSA) is 72.0 Å². The van der Waals surface area contributed by atoms with E-state index in [1.807, 2.05) is 18.2 Å². The zero-order valence-corrected chi connectivity index (χ0v) is 14.1. The van der Waals surface area contributed by atoms with Crippen molar-refractivity contribution in [3.63, 3.8) is 0 Å². The molecule has 0 radical (unpaired) electrons. The highest BCUT2D eigenvalue weighted by atomic mass is 32.1. The summed E-state index contributed by atoms with van der Waals surface area (Å²) in [6, 6.07) is 12.4. The minimum Gasteiger partial charge on any atom is -0.321 e. The standard InChI is InChI=1S/C18H15N3O2S/c1-11-16(24-18(20-11)15-8-3-4-9-19-15)17(23)21-14-7-5-6-13(10-14)12(2)22/h3-10H,1-2H3,(H,21,23). The third-order valence-electron chi connectivity index (χ3n) is 3.41. The molecule has 0 saturated carbocycles. The van der Waals surface area contributed by atoms with Crippen molar-refractivity contribution >= 4 is 28.7 Å². The second-order valence-electron chi connectivity index (χ2n) is 5.24. The Labute approximate surface area is 143 Å². The third-order valence-corrected chi connectivity index (χ3v) is 4.59. The summed E-state index contributed by atoms with van der Waals surface area (Å²) in [6.45, 7) is 3.29. The average molecular weight is 337 g/mol. The first kappa shape index (κ1) is 16.0. The van der Waals surface area contributed by atoms with E-state index in [0.29, 0.717) is 26.8 Å². The molecule has 2 heterocycles. The Balaban J connectivity index is 1.84. The molecule has 0 aliphatic heterocycles. The van der Waals surface area contributed by atoms with E-state index >= 15 is 0 Å². The molecule has 0 saturated heterocycles. The summed E-state index contributed by atoms with van der Waals surface area (Å²) < 4.78 is 0. The van der Waals surface area contributed by atoms with Crippen LogP contribution in [0.25, 0.3) is 10.7 Å². The van der Waals surface area contributed by atoms with Gasteiger partial charge < -0.3 is 5.32 Å². The lowest BCUT2D eigenvalue weighted by molar-refractivity contribution is 0.101. The largest absolute Gasteiger partial charge is 0.321 e. The number of aryl methyl sites for hydroxylation is 1. The predicted molar refractivity (Wildman–Crippen MR) is 94.5 cm³/mol. The number of nitrogens with zero attached hydrogens (tertiary/aromatic N) is 2. The van der Waals surface area contributed by atoms with Crippen molar-refractivity contribution in [2.75, 3.05) is 5.32 Å². The highest BCUT2D eigenvalue weighted by Gasteiger charge is 2.17. The van der Waals surface area contributed by atoms with Gasteiger partial charge in [0.05, 0.1) is 11.4 Å². The fraction of sp³-hybridized carbons (Fsp3) is 0.111. The maximum Gasteiger partial charge on any atom is 0.267 e. The van der Waals surface area contributed by atoms with Gasteiger partial charge in [0.2, 0.25) is 0 Å². The van der Waals surface area contributed by atoms with Crippen LogP contribution in [0.4, 0.5) is 5.69 Å². The summed E-state index contributed by atoms with van der Waals surface area (Å²) in [5, 5.41) is 3.52. The Hall–Kier alpha value is -2.86. The molecule has 6 heteroatoms. The normalized spacial score (nSPS) is 10.4. The minimum absolute atomic E-state index is 0.0440. The van der Waals surface area contributed by atoms with Gasteiger partial charge in [-0.2, -0.15) is 0 Å². The Bertz CT molecular complexity index is 904. The number of nitrogens with one attached hydrogen (secondary N) is 1. The van der Waals surface area contributed by atoms with E-state index in [-0.39, 0.29) is 11.7 Å². The summed E-state index contributed by atoms with van der Waals surface area (Å²) in [5.41, 5.74) is 2.53. The maximum atomic E-state index is 12.5. The van der Waals surface area contributed by atoms with Gasteiger partial charge in [-0.15, -0.1) is 11.3 Å². The lowest BCUT2D eigenvalue weighted by Gasteiger charge is -2.05. The fourth-order valence-corrected chi connectivity index (χ4v) is 3.15. The van der Waals surface area contributed by atoms with E-state index in [2.05, 4.69) is 15.3 Å². The van der Waals surface area contributed by atoms with E-state index < -0.39 is 0 Å². The van der Waals surface area contributed by atoms with E-state index in [1.54, 1.807) is 37.4 Å². The number of anilines is 1. The van der Waals surface area contributed by atoms with Gasteiger partial charge in [-0.25, -0.2) is 4.98 Å². The maximum absolute atomic E-state index is 12.5. The summed E-state index contributed by atoms with van der Waals surface area (Å²) in [4.78, 5) is 33.2. The van der Waals surface area contributed by atoms with Gasteiger partial charge in [0.25, 0.3) is 5.91 Å². The highest BCUT2D eigenvalue weighted by Crippen LogP contribution is 2.27. The van der Waals surface area contributed by atoms with Gasteiger partial charge in [0.1, 0.15) is 9.88 Å². The number of hydrogen-bond acceptors (Lipinski definition) is 5. The molecule has 0 aliphatic carbocycles. The number of carbonyl (C=O) groups excluding carboxylic acids is 2. The highest BCUT2D eigenvalue weighted by molar-refractivity contribution is 7.17. The molecule has 0 unspecified atom stereocenters. The minimum atomic E-state index is -0.243. The van der Waals surface area contributed by atoms with Gasteiger partial charge in [0.15, 0.2) is 5.78 Å². The third kappa shape index (κ3) is 3.38. The Morgan fingerprint density at radius 1 is 1.12 bits per heavy atom. The number of pyridine rings is 1. The lowest BCUT2D eigenvalue weighted by atomic mass is 10.1. The number of benzene rings is 1. The Morgan fingerprint density at radius 3 is 2.67 bits per heavy atom. The van der Waals surface area contributed by atoms with Crippen molar-refractivity contribution in [3.05, 3.63) is 64.8 Å². The van der Waals surface area contributed by atoms with E-state index in [1.165, 1.54) is 18.3 Å². The molecule has 3 aromatic rings. The van der Waals surface area contributed by atoms with Crippen LogP contribution in [-0.2, 0) is 0 Å². The molecule has 3 rings (SSSR count). The molecule has 1 amide bonds. The average Bonchev–Trinajstić information content (AvgIpc) is 2.98. The monoisotopic (exact) mass is 337 g/mol. The molecular formula is C18H15N3O2S. The van der Waals surface area contributed by atoms with Crippen LogP contribution < -0.4 is 5.32 Å². The Morgan fingerprint density at radius 2 is 1.96 bits per heavy atom. The first-order valence-corrected chi connectivity index (χ1v) is 8.17. The second kappa shape index (κ2) is 6.72. The van der Waals surface area contributed by atoms with Crippen LogP contribution in [0.3, 0.4) is 0 Å². The number of carbonyl (C=O) groups is 2. The zero-order chi connectivity index (χ0) is 17.1. The van der Waals surface area contributed by atoms with Crippen LogP contribution in [0.15, 0.2) is 48.7 Å². The van der Waals surface area contributed by atoms with Crippen LogP contribution in [0.2, 0.25) is 0 Å². The molecule has 0 fully saturated rings. The molecule has 2 aromatic heterocycles. The van der Waals surface area contributed by atoms with Crippen molar-refractivity contribution in [1.29, 1.82) is 0 Å². The molecule has 1 aromatic carbocycles. The van der Waals surface area contributed by atoms with Gasteiger partial charge in [0, 0.05) is 17.4 Å². The quantitative estimate of drug-likeness (QED) is 0.731. The molecule has 24 heavy (non-hydrogen) atoms. The first-order chi connectivity index (χ1) is 11.5. The van der Waals surface area contributed by atoms with Crippen LogP contribution in [-0.4, -0.2) is 21.7 Å². The van der Waals surface area contributed by atoms with Gasteiger partial charge in [-0.1, -0.05) is 18.2 Å². The molecular weight excluding hydrogens is 322 g/mol. The molecule has 0 bridgehead atoms. The van der Waals surface area contributed by atoms with Gasteiger partial charge in [-0.05, 0) is 38.1 Å². The predicted octanol–water partition coefficient (Wildman–Crippen LogP) is 3.97. The summed E-state index contributed by atoms with van der Waals surface area (Å²) >= 11 is 1.30. The van der Waals surface area contributed by atoms with Crippen molar-refractivity contribution in [3.8, 4) is 10.7 Å². The van der Waals surface area contributed by atoms with E-state index in [4.69, 9.17) is 0 Å². The van der Waals surface area contributed by atoms with Crippen molar-refractivity contribution in [2.24, 2.45) is 0 Å². The van der Waals surface area contributed by atoms with Crippen molar-refractivity contribution in [1.82, 2.24) is 9.97 Å². The number of ketones is 1. The molecule has 1 N–H and O–H groups in total. The molecule has 0 aliphatic rings. The van der Waals surface area contributed by atoms with Crippen LogP contribution in [0.5, 0.6) is 0 Å². The van der Waals surface area contributed by atoms with Crippen LogP contribution >= 0.6 is 11.3 Å². The molecule has 5 nitrogen and oxygen atoms in total. The molecule has 120 valence electrons. The number of hydrogen-bond donors (Lipinski definition) is 1. The smallest absolute Gasteiger partial charge is 0.267 e. The number of rotatable bonds is 4. The van der Waals surface area contributed by atoms with Gasteiger partial charge >= 0.3 is 0 Å². The number of aromatic nitrogens is 2. The van der Waals surface area contributed by atoms with E-state index in [9.17, 15) is 9.59 Å². The van der Waals surface area contributed by atoms with Crippen molar-refractivity contribution < 1.29 is 9.59 Å². The van der Waals surface area contributed by atoms with Gasteiger partial charge in [-0.3, -0.25) is 14.6 Å². The van der Waals surface area contributed by atoms with Crippen LogP contribution in [0, 0.1) is 6.92 Å². The van der Waals surface area contributed by atoms with Crippen molar-refractivity contribution in [2.45, 2.75) is 13.8 Å². The fourth-order valence-electron chi connectivity index (χ4n) is 2.21. The number of thiazole rings is 1. The first-order valence-electron chi connectivity index (χ1n) is 7.36. The summed E-state index contributed by atoms with van der Waals surface area (Å²) in [7, 11) is 0. The van der Waals surface area contributed by atoms with E-state index in [0.717, 1.165) is 5.69 Å². The molecule has 0 spiro atoms. The lowest BCUT2D eigenvalue weighted by Crippen LogP contribution is -2.11. The number of amides is 1. The Kier molecular flexibility index (Phi) is 4.48. The van der Waals surface area contributed by atoms with Crippen LogP contribution in [0.1, 0.15) is 32.6 Å². The summed E-state index contributed by atoms with van der Waals surface area (Å²) in [6.07, 6.45) is 1.69. The summed E-state index contributed by atoms with van der Waals surface area (Å²) in [5.74, 6) is -0.287. The second-order valence-corrected chi connectivity index (χ2v) is 6.24. The number of Topliss-reactive ketones (excluding diaryl/α,β-unsaturated/α-hetero) is 1. The molecule has 0 atom stereocenters.